The first kappa shape index (κ1) is 16.5. The number of likely N-dealkylation sites (N-methyl/N-ethyl adjacent to an activating group) is 1. The maximum Gasteiger partial charge on any atom is 0.223 e. The van der Waals surface area contributed by atoms with E-state index < -0.39 is 0 Å². The zero-order valence-corrected chi connectivity index (χ0v) is 14.3. The largest absolute Gasteiger partial charge is 0.342 e. The highest BCUT2D eigenvalue weighted by molar-refractivity contribution is 5.78. The summed E-state index contributed by atoms with van der Waals surface area (Å²) < 4.78 is 0. The molecule has 3 rings (SSSR count). The van der Waals surface area contributed by atoms with Gasteiger partial charge in [-0.05, 0) is 25.0 Å². The zero-order chi connectivity index (χ0) is 17.1. The summed E-state index contributed by atoms with van der Waals surface area (Å²) >= 11 is 0. The number of likely N-dealkylation sites (tertiary alicyclic amines) is 1. The van der Waals surface area contributed by atoms with E-state index in [9.17, 15) is 9.59 Å². The lowest BCUT2D eigenvalue weighted by Gasteiger charge is -2.37. The number of benzene rings is 1. The molecule has 1 aliphatic heterocycles. The first-order chi connectivity index (χ1) is 11.5. The third-order valence-corrected chi connectivity index (χ3v) is 4.80. The zero-order valence-electron chi connectivity index (χ0n) is 14.3. The lowest BCUT2D eigenvalue weighted by molar-refractivity contribution is -0.137. The number of hydrogen-bond donors (Lipinski definition) is 1. The number of hydrogen-bond acceptors (Lipinski definition) is 3. The van der Waals surface area contributed by atoms with Crippen molar-refractivity contribution in [3.05, 3.63) is 30.1 Å². The number of carbonyl (C=O) groups is 2. The SMILES string of the molecule is CC(=O)N1CCCC(N(C)C(=O)CCc2nc3ccccc3[nH]2)C1. The number of nitrogens with zero attached hydrogens (tertiary/aromatic N) is 3. The Hall–Kier alpha value is -2.37. The van der Waals surface area contributed by atoms with Gasteiger partial charge in [-0.15, -0.1) is 0 Å². The number of imidazole rings is 1. The fourth-order valence-corrected chi connectivity index (χ4v) is 3.29. The maximum absolute atomic E-state index is 12.5. The number of piperidine rings is 1. The normalized spacial score (nSPS) is 17.9. The lowest BCUT2D eigenvalue weighted by Crippen LogP contribution is -2.49. The van der Waals surface area contributed by atoms with E-state index in [-0.39, 0.29) is 17.9 Å². The number of aromatic amines is 1. The predicted molar refractivity (Wildman–Crippen MR) is 92.5 cm³/mol. The summed E-state index contributed by atoms with van der Waals surface area (Å²) in [5.41, 5.74) is 1.93. The Kier molecular flexibility index (Phi) is 4.83. The van der Waals surface area contributed by atoms with Crippen LogP contribution in [0, 0.1) is 0 Å². The number of aromatic nitrogens is 2. The molecule has 128 valence electrons. The van der Waals surface area contributed by atoms with Gasteiger partial charge < -0.3 is 14.8 Å². The molecule has 1 N–H and O–H groups in total. The maximum atomic E-state index is 12.5. The lowest BCUT2D eigenvalue weighted by atomic mass is 10.0. The third kappa shape index (κ3) is 3.58. The third-order valence-electron chi connectivity index (χ3n) is 4.80. The second-order valence-electron chi connectivity index (χ2n) is 6.47. The summed E-state index contributed by atoms with van der Waals surface area (Å²) in [6.45, 7) is 3.03. The van der Waals surface area contributed by atoms with E-state index in [1.165, 1.54) is 0 Å². The van der Waals surface area contributed by atoms with Crippen molar-refractivity contribution in [1.82, 2.24) is 19.8 Å². The number of H-pyrrole nitrogens is 1. The average molecular weight is 328 g/mol. The van der Waals surface area contributed by atoms with Crippen molar-refractivity contribution < 1.29 is 9.59 Å². The molecule has 1 aromatic carbocycles. The molecule has 1 aromatic heterocycles. The Morgan fingerprint density at radius 3 is 2.92 bits per heavy atom. The molecule has 1 unspecified atom stereocenters. The first-order valence-corrected chi connectivity index (χ1v) is 8.49. The number of nitrogens with one attached hydrogen (secondary N) is 1. The molecule has 6 nitrogen and oxygen atoms in total. The second-order valence-corrected chi connectivity index (χ2v) is 6.47. The topological polar surface area (TPSA) is 69.3 Å². The molecule has 0 bridgehead atoms. The van der Waals surface area contributed by atoms with Crippen molar-refractivity contribution >= 4 is 22.8 Å². The van der Waals surface area contributed by atoms with Crippen LogP contribution in [0.1, 0.15) is 32.0 Å². The Morgan fingerprint density at radius 2 is 2.17 bits per heavy atom. The van der Waals surface area contributed by atoms with E-state index in [2.05, 4.69) is 9.97 Å². The summed E-state index contributed by atoms with van der Waals surface area (Å²) in [5, 5.41) is 0. The number of amides is 2. The number of aryl methyl sites for hydroxylation is 1. The van der Waals surface area contributed by atoms with Gasteiger partial charge in [0.2, 0.25) is 11.8 Å². The molecule has 2 aromatic rings. The molecular formula is C18H24N4O2. The summed E-state index contributed by atoms with van der Waals surface area (Å²) in [6, 6.07) is 7.98. The molecule has 0 aliphatic carbocycles. The minimum Gasteiger partial charge on any atom is -0.342 e. The van der Waals surface area contributed by atoms with E-state index in [1.807, 2.05) is 36.2 Å². The smallest absolute Gasteiger partial charge is 0.223 e. The molecule has 1 saturated heterocycles. The minimum absolute atomic E-state index is 0.0859. The van der Waals surface area contributed by atoms with E-state index in [0.717, 1.165) is 36.2 Å². The highest BCUT2D eigenvalue weighted by Crippen LogP contribution is 2.17. The van der Waals surface area contributed by atoms with Crippen LogP contribution in [0.5, 0.6) is 0 Å². The standard InChI is InChI=1S/C18H24N4O2/c1-13(23)22-11-5-6-14(12-22)21(2)18(24)10-9-17-19-15-7-3-4-8-16(15)20-17/h3-4,7-8,14H,5-6,9-12H2,1-2H3,(H,19,20). The summed E-state index contributed by atoms with van der Waals surface area (Å²) in [5.74, 6) is 1.03. The number of para-hydroxylation sites is 2. The first-order valence-electron chi connectivity index (χ1n) is 8.49. The molecule has 2 heterocycles. The van der Waals surface area contributed by atoms with Crippen molar-refractivity contribution in [2.45, 2.75) is 38.6 Å². The van der Waals surface area contributed by atoms with E-state index in [1.54, 1.807) is 11.8 Å². The Balaban J connectivity index is 1.56. The molecule has 24 heavy (non-hydrogen) atoms. The molecule has 6 heteroatoms. The highest BCUT2D eigenvalue weighted by Gasteiger charge is 2.27. The Morgan fingerprint density at radius 1 is 1.38 bits per heavy atom. The Bertz CT molecular complexity index is 706. The van der Waals surface area contributed by atoms with Crippen LogP contribution < -0.4 is 0 Å². The summed E-state index contributed by atoms with van der Waals surface area (Å²) in [7, 11) is 1.84. The van der Waals surface area contributed by atoms with Gasteiger partial charge >= 0.3 is 0 Å². The van der Waals surface area contributed by atoms with Gasteiger partial charge in [-0.1, -0.05) is 12.1 Å². The molecule has 2 amide bonds. The average Bonchev–Trinajstić information content (AvgIpc) is 3.02. The molecule has 0 saturated carbocycles. The van der Waals surface area contributed by atoms with Gasteiger partial charge in [0.05, 0.1) is 11.0 Å². The minimum atomic E-state index is 0.0859. The van der Waals surface area contributed by atoms with E-state index >= 15 is 0 Å². The van der Waals surface area contributed by atoms with Crippen LogP contribution in [0.2, 0.25) is 0 Å². The van der Waals surface area contributed by atoms with Crippen molar-refractivity contribution in [2.75, 3.05) is 20.1 Å². The summed E-state index contributed by atoms with van der Waals surface area (Å²) in [4.78, 5) is 35.4. The van der Waals surface area contributed by atoms with Crippen LogP contribution in [0.25, 0.3) is 11.0 Å². The van der Waals surface area contributed by atoms with Crippen molar-refractivity contribution in [2.24, 2.45) is 0 Å². The van der Waals surface area contributed by atoms with Gasteiger partial charge in [0, 0.05) is 45.9 Å². The van der Waals surface area contributed by atoms with Gasteiger partial charge in [-0.3, -0.25) is 9.59 Å². The predicted octanol–water partition coefficient (Wildman–Crippen LogP) is 1.96. The molecule has 1 aliphatic rings. The van der Waals surface area contributed by atoms with Crippen LogP contribution in [0.3, 0.4) is 0 Å². The number of rotatable bonds is 4. The van der Waals surface area contributed by atoms with Crippen LogP contribution in [0.15, 0.2) is 24.3 Å². The van der Waals surface area contributed by atoms with Crippen molar-refractivity contribution in [1.29, 1.82) is 0 Å². The highest BCUT2D eigenvalue weighted by atomic mass is 16.2. The molecule has 0 radical (unpaired) electrons. The fraction of sp³-hybridized carbons (Fsp3) is 0.500. The van der Waals surface area contributed by atoms with E-state index in [0.29, 0.717) is 19.4 Å². The Labute approximate surface area is 141 Å². The van der Waals surface area contributed by atoms with Gasteiger partial charge in [-0.25, -0.2) is 4.98 Å². The van der Waals surface area contributed by atoms with Crippen molar-refractivity contribution in [3.8, 4) is 0 Å². The van der Waals surface area contributed by atoms with Crippen LogP contribution >= 0.6 is 0 Å². The summed E-state index contributed by atoms with van der Waals surface area (Å²) in [6.07, 6.45) is 2.93. The monoisotopic (exact) mass is 328 g/mol. The van der Waals surface area contributed by atoms with Crippen LogP contribution in [-0.4, -0.2) is 57.8 Å². The van der Waals surface area contributed by atoms with Crippen molar-refractivity contribution in [3.63, 3.8) is 0 Å². The number of carbonyl (C=O) groups excluding carboxylic acids is 2. The second kappa shape index (κ2) is 7.03. The van der Waals surface area contributed by atoms with Gasteiger partial charge in [-0.2, -0.15) is 0 Å². The quantitative estimate of drug-likeness (QED) is 0.933. The van der Waals surface area contributed by atoms with Gasteiger partial charge in [0.1, 0.15) is 5.82 Å². The van der Waals surface area contributed by atoms with Gasteiger partial charge in [0.15, 0.2) is 0 Å². The van der Waals surface area contributed by atoms with Crippen LogP contribution in [0.4, 0.5) is 0 Å². The number of fused-ring (bicyclic) bond motifs is 1. The van der Waals surface area contributed by atoms with Gasteiger partial charge in [0.25, 0.3) is 0 Å². The molecule has 1 fully saturated rings. The van der Waals surface area contributed by atoms with E-state index in [4.69, 9.17) is 0 Å². The fourth-order valence-electron chi connectivity index (χ4n) is 3.29. The molecular weight excluding hydrogens is 304 g/mol. The molecule has 0 spiro atoms. The van der Waals surface area contributed by atoms with Crippen LogP contribution in [-0.2, 0) is 16.0 Å². The molecule has 1 atom stereocenters.